The van der Waals surface area contributed by atoms with Gasteiger partial charge in [0.05, 0.1) is 19.9 Å². The largest absolute Gasteiger partial charge is 0.493 e. The molecular formula is C21H27N3O3S. The predicted molar refractivity (Wildman–Crippen MR) is 113 cm³/mol. The fourth-order valence-corrected chi connectivity index (χ4v) is 4.13. The van der Waals surface area contributed by atoms with Crippen molar-refractivity contribution in [2.24, 2.45) is 0 Å². The minimum absolute atomic E-state index is 0.160. The summed E-state index contributed by atoms with van der Waals surface area (Å²) in [4.78, 5) is 21.2. The molecule has 2 heterocycles. The van der Waals surface area contributed by atoms with Crippen molar-refractivity contribution in [3.8, 4) is 11.5 Å². The van der Waals surface area contributed by atoms with Crippen molar-refractivity contribution in [3.05, 3.63) is 42.1 Å². The highest BCUT2D eigenvalue weighted by atomic mass is 32.2. The molecule has 0 unspecified atom stereocenters. The van der Waals surface area contributed by atoms with Crippen LogP contribution in [0.2, 0.25) is 0 Å². The zero-order chi connectivity index (χ0) is 19.9. The van der Waals surface area contributed by atoms with Crippen LogP contribution in [0.25, 0.3) is 0 Å². The summed E-state index contributed by atoms with van der Waals surface area (Å²) in [5.74, 6) is 2.53. The predicted octanol–water partition coefficient (Wildman–Crippen LogP) is 3.10. The van der Waals surface area contributed by atoms with E-state index in [-0.39, 0.29) is 5.91 Å². The van der Waals surface area contributed by atoms with E-state index in [1.165, 1.54) is 5.56 Å². The van der Waals surface area contributed by atoms with E-state index in [1.54, 1.807) is 32.2 Å². The third-order valence-corrected chi connectivity index (χ3v) is 5.81. The maximum atomic E-state index is 12.7. The Balaban J connectivity index is 1.50. The fraction of sp³-hybridized carbons (Fsp3) is 0.429. The lowest BCUT2D eigenvalue weighted by Gasteiger charge is -2.28. The van der Waals surface area contributed by atoms with Crippen LogP contribution in [0.5, 0.6) is 11.5 Å². The van der Waals surface area contributed by atoms with E-state index in [9.17, 15) is 4.79 Å². The number of rotatable bonds is 8. The van der Waals surface area contributed by atoms with Gasteiger partial charge in [-0.2, -0.15) is 0 Å². The normalized spacial score (nSPS) is 13.4. The minimum Gasteiger partial charge on any atom is -0.493 e. The average Bonchev–Trinajstić information content (AvgIpc) is 2.75. The van der Waals surface area contributed by atoms with Crippen LogP contribution >= 0.6 is 11.8 Å². The standard InChI is InChI=1S/C21H27N3O3S/c1-23(11-8-16-6-7-18(26-2)19(15-16)27-3)12-9-20(25)24-13-14-28-21-17(24)5-4-10-22-21/h4-7,10,15H,8-9,11-14H2,1-3H3. The number of anilines is 1. The number of hydrogen-bond donors (Lipinski definition) is 0. The fourth-order valence-electron chi connectivity index (χ4n) is 3.20. The van der Waals surface area contributed by atoms with Gasteiger partial charge in [-0.1, -0.05) is 6.07 Å². The van der Waals surface area contributed by atoms with Gasteiger partial charge >= 0.3 is 0 Å². The number of hydrogen-bond acceptors (Lipinski definition) is 6. The van der Waals surface area contributed by atoms with Gasteiger partial charge in [-0.05, 0) is 43.3 Å². The molecule has 0 atom stereocenters. The molecule has 1 aromatic carbocycles. The Labute approximate surface area is 170 Å². The van der Waals surface area contributed by atoms with Gasteiger partial charge in [0.2, 0.25) is 5.91 Å². The number of likely N-dealkylation sites (N-methyl/N-ethyl adjacent to an activating group) is 1. The molecule has 7 heteroatoms. The number of methoxy groups -OCH3 is 2. The van der Waals surface area contributed by atoms with Crippen LogP contribution in [-0.2, 0) is 11.2 Å². The molecule has 1 aliphatic rings. The lowest BCUT2D eigenvalue weighted by Crippen LogP contribution is -2.37. The van der Waals surface area contributed by atoms with E-state index in [4.69, 9.17) is 9.47 Å². The third kappa shape index (κ3) is 4.97. The molecule has 0 fully saturated rings. The summed E-state index contributed by atoms with van der Waals surface area (Å²) >= 11 is 1.71. The smallest absolute Gasteiger partial charge is 0.228 e. The number of pyridine rings is 1. The number of carbonyl (C=O) groups is 1. The van der Waals surface area contributed by atoms with Crippen molar-refractivity contribution >= 4 is 23.4 Å². The lowest BCUT2D eigenvalue weighted by molar-refractivity contribution is -0.118. The molecule has 0 bridgehead atoms. The molecule has 1 aliphatic heterocycles. The van der Waals surface area contributed by atoms with Gasteiger partial charge in [0.25, 0.3) is 0 Å². The number of fused-ring (bicyclic) bond motifs is 1. The van der Waals surface area contributed by atoms with Crippen LogP contribution in [0.4, 0.5) is 5.69 Å². The topological polar surface area (TPSA) is 54.9 Å². The number of amides is 1. The number of ether oxygens (including phenoxy) is 2. The number of aromatic nitrogens is 1. The van der Waals surface area contributed by atoms with E-state index in [2.05, 4.69) is 23.0 Å². The summed E-state index contributed by atoms with van der Waals surface area (Å²) in [5, 5.41) is 0.948. The van der Waals surface area contributed by atoms with Gasteiger partial charge in [0, 0.05) is 38.0 Å². The maximum absolute atomic E-state index is 12.7. The lowest BCUT2D eigenvalue weighted by atomic mass is 10.1. The summed E-state index contributed by atoms with van der Waals surface area (Å²) in [6.45, 7) is 2.35. The average molecular weight is 402 g/mol. The van der Waals surface area contributed by atoms with Crippen LogP contribution in [0, 0.1) is 0 Å². The second-order valence-corrected chi connectivity index (χ2v) is 7.80. The molecule has 150 valence electrons. The summed E-state index contributed by atoms with van der Waals surface area (Å²) in [6, 6.07) is 9.85. The minimum atomic E-state index is 0.160. The quantitative estimate of drug-likeness (QED) is 0.678. The Morgan fingerprint density at radius 3 is 2.82 bits per heavy atom. The van der Waals surface area contributed by atoms with Gasteiger partial charge < -0.3 is 19.3 Å². The molecule has 2 aromatic rings. The SMILES string of the molecule is COc1ccc(CCN(C)CCC(=O)N2CCSc3ncccc32)cc1OC. The molecule has 0 N–H and O–H groups in total. The summed E-state index contributed by atoms with van der Waals surface area (Å²) < 4.78 is 10.6. The maximum Gasteiger partial charge on any atom is 0.228 e. The van der Waals surface area contributed by atoms with Crippen LogP contribution < -0.4 is 14.4 Å². The first-order valence-electron chi connectivity index (χ1n) is 9.40. The zero-order valence-corrected chi connectivity index (χ0v) is 17.5. The molecule has 0 aliphatic carbocycles. The van der Waals surface area contributed by atoms with Crippen molar-refractivity contribution in [1.82, 2.24) is 9.88 Å². The van der Waals surface area contributed by atoms with Gasteiger partial charge in [0.1, 0.15) is 5.03 Å². The van der Waals surface area contributed by atoms with Gasteiger partial charge in [0.15, 0.2) is 11.5 Å². The second kappa shape index (κ2) is 9.80. The van der Waals surface area contributed by atoms with E-state index in [1.807, 2.05) is 29.2 Å². The van der Waals surface area contributed by atoms with Crippen molar-refractivity contribution in [3.63, 3.8) is 0 Å². The van der Waals surface area contributed by atoms with Crippen LogP contribution in [-0.4, -0.2) is 62.4 Å². The molecule has 28 heavy (non-hydrogen) atoms. The molecule has 1 aromatic heterocycles. The van der Waals surface area contributed by atoms with Crippen LogP contribution in [0.15, 0.2) is 41.6 Å². The van der Waals surface area contributed by atoms with Crippen molar-refractivity contribution in [1.29, 1.82) is 0 Å². The molecule has 0 radical (unpaired) electrons. The Hall–Kier alpha value is -2.25. The molecule has 0 spiro atoms. The monoisotopic (exact) mass is 401 g/mol. The first-order valence-corrected chi connectivity index (χ1v) is 10.4. The first-order chi connectivity index (χ1) is 13.6. The summed E-state index contributed by atoms with van der Waals surface area (Å²) in [5.41, 5.74) is 2.13. The highest BCUT2D eigenvalue weighted by Gasteiger charge is 2.23. The van der Waals surface area contributed by atoms with Gasteiger partial charge in [-0.3, -0.25) is 4.79 Å². The Morgan fingerprint density at radius 1 is 1.21 bits per heavy atom. The summed E-state index contributed by atoms with van der Waals surface area (Å²) in [6.07, 6.45) is 3.17. The number of benzene rings is 1. The van der Waals surface area contributed by atoms with E-state index in [0.717, 1.165) is 54.0 Å². The van der Waals surface area contributed by atoms with E-state index >= 15 is 0 Å². The number of nitrogens with zero attached hydrogens (tertiary/aromatic N) is 3. The highest BCUT2D eigenvalue weighted by molar-refractivity contribution is 7.99. The third-order valence-electron chi connectivity index (χ3n) is 4.83. The molecule has 6 nitrogen and oxygen atoms in total. The summed E-state index contributed by atoms with van der Waals surface area (Å²) in [7, 11) is 5.33. The molecule has 1 amide bonds. The second-order valence-electron chi connectivity index (χ2n) is 6.71. The van der Waals surface area contributed by atoms with Crippen LogP contribution in [0.1, 0.15) is 12.0 Å². The molecular weight excluding hydrogens is 374 g/mol. The number of carbonyl (C=O) groups excluding carboxylic acids is 1. The van der Waals surface area contributed by atoms with E-state index < -0.39 is 0 Å². The Kier molecular flexibility index (Phi) is 7.17. The van der Waals surface area contributed by atoms with Crippen molar-refractivity contribution in [2.75, 3.05) is 51.6 Å². The first kappa shape index (κ1) is 20.5. The van der Waals surface area contributed by atoms with Crippen molar-refractivity contribution in [2.45, 2.75) is 17.9 Å². The molecule has 0 saturated heterocycles. The van der Waals surface area contributed by atoms with Crippen LogP contribution in [0.3, 0.4) is 0 Å². The zero-order valence-electron chi connectivity index (χ0n) is 16.7. The number of thioether (sulfide) groups is 1. The van der Waals surface area contributed by atoms with E-state index in [0.29, 0.717) is 6.42 Å². The van der Waals surface area contributed by atoms with Gasteiger partial charge in [-0.25, -0.2) is 4.98 Å². The van der Waals surface area contributed by atoms with Gasteiger partial charge in [-0.15, -0.1) is 11.8 Å². The van der Waals surface area contributed by atoms with Crippen molar-refractivity contribution < 1.29 is 14.3 Å². The molecule has 3 rings (SSSR count). The Morgan fingerprint density at radius 2 is 2.04 bits per heavy atom. The highest BCUT2D eigenvalue weighted by Crippen LogP contribution is 2.32. The molecule has 0 saturated carbocycles. The Bertz CT molecular complexity index is 815.